The number of nitrogens with two attached hydrogens (primary N) is 3. The van der Waals surface area contributed by atoms with E-state index in [0.717, 1.165) is 0 Å². The first-order chi connectivity index (χ1) is 18.1. The zero-order chi connectivity index (χ0) is 30.2. The topological polar surface area (TPSA) is 273 Å². The highest BCUT2D eigenvalue weighted by Crippen LogP contribution is 2.13. The summed E-state index contributed by atoms with van der Waals surface area (Å²) in [5, 5.41) is 33.1. The van der Waals surface area contributed by atoms with Crippen LogP contribution in [-0.4, -0.2) is 88.8 Å². The molecule has 0 heterocycles. The van der Waals surface area contributed by atoms with Crippen molar-refractivity contribution < 1.29 is 52.5 Å². The number of phenols is 1. The van der Waals surface area contributed by atoms with Gasteiger partial charge in [-0.25, -0.2) is 9.59 Å². The summed E-state index contributed by atoms with van der Waals surface area (Å²) < 4.78 is 31.7. The molecule has 3 amide bonds. The lowest BCUT2D eigenvalue weighted by Gasteiger charge is -2.22. The maximum Gasteiger partial charge on any atom is 0.490 e. The molecule has 0 unspecified atom stereocenters. The van der Waals surface area contributed by atoms with E-state index in [9.17, 15) is 42.6 Å². The van der Waals surface area contributed by atoms with Gasteiger partial charge in [-0.1, -0.05) is 12.1 Å². The highest BCUT2D eigenvalue weighted by molar-refractivity contribution is 5.92. The number of aliphatic imine (C=N–C) groups is 1. The number of hydrogen-bond acceptors (Lipinski definition) is 8. The lowest BCUT2D eigenvalue weighted by atomic mass is 10.0. The van der Waals surface area contributed by atoms with Crippen molar-refractivity contribution in [2.45, 2.75) is 37.5 Å². The van der Waals surface area contributed by atoms with E-state index in [0.29, 0.717) is 12.0 Å². The second-order valence-electron chi connectivity index (χ2n) is 7.62. The number of rotatable bonds is 13. The van der Waals surface area contributed by atoms with Crippen LogP contribution in [0.15, 0.2) is 29.3 Å². The van der Waals surface area contributed by atoms with Crippen LogP contribution in [0, 0.1) is 0 Å². The van der Waals surface area contributed by atoms with Crippen LogP contribution in [0.2, 0.25) is 0 Å². The minimum atomic E-state index is -5.08. The summed E-state index contributed by atoms with van der Waals surface area (Å²) in [6.07, 6.45) is -4.71. The van der Waals surface area contributed by atoms with E-state index in [1.165, 1.54) is 12.1 Å². The highest BCUT2D eigenvalue weighted by atomic mass is 19.4. The number of halogens is 3. The van der Waals surface area contributed by atoms with Crippen molar-refractivity contribution in [2.24, 2.45) is 22.2 Å². The number of nitrogens with one attached hydrogen (secondary N) is 3. The standard InChI is InChI=1S/C19H29N7O6.C2HF3O2/c20-9-15(28)24-10-16(29)25-14(8-11-3-5-12(27)6-4-11)17(30)26-13(18(31)32)2-1-7-23-19(21)22;3-2(4,5)1(6)7/h3-6,13-14,27H,1-2,7-10,20H2,(H,24,28)(H,25,29)(H,26,30)(H,31,32)(H4,21,22,23);(H,6,7)/t13-,14-;/m0./s1. The molecule has 39 heavy (non-hydrogen) atoms. The fourth-order valence-corrected chi connectivity index (χ4v) is 2.61. The Morgan fingerprint density at radius 2 is 1.51 bits per heavy atom. The number of aromatic hydroxyl groups is 1. The summed E-state index contributed by atoms with van der Waals surface area (Å²) >= 11 is 0. The third-order valence-corrected chi connectivity index (χ3v) is 4.46. The molecular weight excluding hydrogens is 535 g/mol. The zero-order valence-electron chi connectivity index (χ0n) is 20.4. The summed E-state index contributed by atoms with van der Waals surface area (Å²) in [6, 6.07) is 3.58. The van der Waals surface area contributed by atoms with Crippen LogP contribution in [0.1, 0.15) is 18.4 Å². The molecule has 0 saturated heterocycles. The Morgan fingerprint density at radius 1 is 0.949 bits per heavy atom. The van der Waals surface area contributed by atoms with Crippen molar-refractivity contribution in [3.63, 3.8) is 0 Å². The minimum Gasteiger partial charge on any atom is -0.508 e. The second-order valence-corrected chi connectivity index (χ2v) is 7.62. The van der Waals surface area contributed by atoms with Gasteiger partial charge in [-0.15, -0.1) is 0 Å². The van der Waals surface area contributed by atoms with Crippen LogP contribution >= 0.6 is 0 Å². The quantitative estimate of drug-likeness (QED) is 0.0700. The van der Waals surface area contributed by atoms with Crippen molar-refractivity contribution in [1.82, 2.24) is 16.0 Å². The van der Waals surface area contributed by atoms with E-state index in [4.69, 9.17) is 27.1 Å². The predicted octanol–water partition coefficient (Wildman–Crippen LogP) is -2.25. The number of carboxylic acid groups (broad SMARTS) is 2. The fraction of sp³-hybridized carbons (Fsp3) is 0.429. The molecule has 0 bridgehead atoms. The maximum atomic E-state index is 12.8. The molecular formula is C21H30F3N7O8. The van der Waals surface area contributed by atoms with Crippen molar-refractivity contribution >= 4 is 35.6 Å². The van der Waals surface area contributed by atoms with Gasteiger partial charge in [0.2, 0.25) is 17.7 Å². The number of carbonyl (C=O) groups excluding carboxylic acids is 3. The number of guanidine groups is 1. The van der Waals surface area contributed by atoms with E-state index in [1.54, 1.807) is 12.1 Å². The van der Waals surface area contributed by atoms with Gasteiger partial charge in [0.1, 0.15) is 17.8 Å². The van der Waals surface area contributed by atoms with Crippen LogP contribution in [0.5, 0.6) is 5.75 Å². The first-order valence-electron chi connectivity index (χ1n) is 11.0. The first kappa shape index (κ1) is 34.4. The number of carbonyl (C=O) groups is 5. The Morgan fingerprint density at radius 3 is 1.97 bits per heavy atom. The molecule has 1 aromatic rings. The van der Waals surface area contributed by atoms with Crippen molar-refractivity contribution in [2.75, 3.05) is 19.6 Å². The van der Waals surface area contributed by atoms with Gasteiger partial charge in [-0.3, -0.25) is 19.4 Å². The number of alkyl halides is 3. The number of aliphatic carboxylic acids is 2. The average molecular weight is 566 g/mol. The van der Waals surface area contributed by atoms with Gasteiger partial charge in [0.15, 0.2) is 5.96 Å². The Labute approximate surface area is 219 Å². The van der Waals surface area contributed by atoms with Crippen LogP contribution < -0.4 is 33.2 Å². The average Bonchev–Trinajstić information content (AvgIpc) is 2.84. The molecule has 1 aromatic carbocycles. The number of phenolic OH excluding ortho intramolecular Hbond substituents is 1. The molecule has 12 N–H and O–H groups in total. The Kier molecular flexibility index (Phi) is 15.0. The van der Waals surface area contributed by atoms with E-state index < -0.39 is 54.5 Å². The summed E-state index contributed by atoms with van der Waals surface area (Å²) in [4.78, 5) is 60.4. The maximum absolute atomic E-state index is 12.8. The largest absolute Gasteiger partial charge is 0.508 e. The first-order valence-corrected chi connectivity index (χ1v) is 11.0. The molecule has 0 fully saturated rings. The SMILES string of the molecule is NCC(=O)NCC(=O)N[C@@H](Cc1ccc(O)cc1)C(=O)N[C@@H](CCCN=C(N)N)C(=O)O.O=C(O)C(F)(F)F. The van der Waals surface area contributed by atoms with Crippen LogP contribution in [0.25, 0.3) is 0 Å². The lowest BCUT2D eigenvalue weighted by Crippen LogP contribution is -2.54. The summed E-state index contributed by atoms with van der Waals surface area (Å²) in [5.41, 5.74) is 16.2. The van der Waals surface area contributed by atoms with Gasteiger partial charge < -0.3 is 48.5 Å². The number of benzene rings is 1. The normalized spacial score (nSPS) is 12.0. The molecule has 0 aliphatic rings. The number of carboxylic acids is 2. The third kappa shape index (κ3) is 16.0. The van der Waals surface area contributed by atoms with Crippen molar-refractivity contribution in [3.8, 4) is 5.75 Å². The highest BCUT2D eigenvalue weighted by Gasteiger charge is 2.38. The molecule has 0 aliphatic carbocycles. The van der Waals surface area contributed by atoms with Gasteiger partial charge in [-0.05, 0) is 30.5 Å². The van der Waals surface area contributed by atoms with Crippen molar-refractivity contribution in [1.29, 1.82) is 0 Å². The zero-order valence-corrected chi connectivity index (χ0v) is 20.4. The Bertz CT molecular complexity index is 1020. The van der Waals surface area contributed by atoms with Gasteiger partial charge >= 0.3 is 18.1 Å². The second kappa shape index (κ2) is 17.0. The molecule has 0 saturated carbocycles. The molecule has 0 radical (unpaired) electrons. The van der Waals surface area contributed by atoms with E-state index in [2.05, 4.69) is 20.9 Å². The van der Waals surface area contributed by atoms with E-state index in [1.807, 2.05) is 0 Å². The third-order valence-electron chi connectivity index (χ3n) is 4.46. The molecule has 0 aromatic heterocycles. The molecule has 218 valence electrons. The van der Waals surface area contributed by atoms with E-state index >= 15 is 0 Å². The summed E-state index contributed by atoms with van der Waals surface area (Å²) in [5.74, 6) is -6.06. The van der Waals surface area contributed by atoms with Crippen LogP contribution in [0.4, 0.5) is 13.2 Å². The summed E-state index contributed by atoms with van der Waals surface area (Å²) in [7, 11) is 0. The van der Waals surface area contributed by atoms with Gasteiger partial charge in [0.25, 0.3) is 0 Å². The number of amides is 3. The molecule has 1 rings (SSSR count). The fourth-order valence-electron chi connectivity index (χ4n) is 2.61. The number of nitrogens with zero attached hydrogens (tertiary/aromatic N) is 1. The Balaban J connectivity index is 0.00000181. The van der Waals surface area contributed by atoms with Gasteiger partial charge in [-0.2, -0.15) is 13.2 Å². The predicted molar refractivity (Wildman–Crippen MR) is 129 cm³/mol. The molecule has 2 atom stereocenters. The number of hydrogen-bond donors (Lipinski definition) is 9. The minimum absolute atomic E-state index is 0.0169. The molecule has 0 aliphatic heterocycles. The van der Waals surface area contributed by atoms with Crippen LogP contribution in [0.3, 0.4) is 0 Å². The van der Waals surface area contributed by atoms with E-state index in [-0.39, 0.29) is 37.6 Å². The Hall–Kier alpha value is -4.61. The molecule has 18 heteroatoms. The smallest absolute Gasteiger partial charge is 0.490 e. The van der Waals surface area contributed by atoms with Gasteiger partial charge in [0, 0.05) is 13.0 Å². The lowest BCUT2D eigenvalue weighted by molar-refractivity contribution is -0.192. The molecule has 0 spiro atoms. The van der Waals surface area contributed by atoms with Crippen molar-refractivity contribution in [3.05, 3.63) is 29.8 Å². The molecule has 15 nitrogen and oxygen atoms in total. The summed E-state index contributed by atoms with van der Waals surface area (Å²) in [6.45, 7) is -0.516. The van der Waals surface area contributed by atoms with Crippen LogP contribution in [-0.2, 0) is 30.4 Å². The van der Waals surface area contributed by atoms with Gasteiger partial charge in [0.05, 0.1) is 13.1 Å². The monoisotopic (exact) mass is 565 g/mol.